The van der Waals surface area contributed by atoms with Gasteiger partial charge in [-0.05, 0) is 6.07 Å². The Morgan fingerprint density at radius 1 is 0.920 bits per heavy atom. The maximum absolute atomic E-state index is 13.1. The molecule has 0 radical (unpaired) electrons. The summed E-state index contributed by atoms with van der Waals surface area (Å²) in [5.74, 6) is 0. The molecule has 1 heterocycles. The largest absolute Gasteiger partial charge is 0.416 e. The molecule has 0 aromatic heterocycles. The van der Waals surface area contributed by atoms with Gasteiger partial charge in [0.25, 0.3) is 0 Å². The Balaban J connectivity index is 1.49. The first kappa shape index (κ1) is 18.0. The number of quaternary nitrogens is 2. The number of alkyl halides is 3. The zero-order valence-corrected chi connectivity index (χ0v) is 14.2. The summed E-state index contributed by atoms with van der Waals surface area (Å²) < 4.78 is 39.2. The number of halogens is 3. The van der Waals surface area contributed by atoms with Gasteiger partial charge in [-0.25, -0.2) is 0 Å². The SMILES string of the molecule is FC(F)(F)c1ccccc1C[NH2+]C1CC[NH+](Cc2ccccc2)CC1. The summed E-state index contributed by atoms with van der Waals surface area (Å²) in [6, 6.07) is 16.8. The van der Waals surface area contributed by atoms with E-state index in [4.69, 9.17) is 0 Å². The van der Waals surface area contributed by atoms with Crippen molar-refractivity contribution >= 4 is 0 Å². The molecule has 5 heteroatoms. The molecule has 1 saturated heterocycles. The first-order chi connectivity index (χ1) is 12.0. The van der Waals surface area contributed by atoms with E-state index < -0.39 is 11.7 Å². The number of hydrogen-bond donors (Lipinski definition) is 2. The van der Waals surface area contributed by atoms with Crippen molar-refractivity contribution < 1.29 is 23.4 Å². The fourth-order valence-electron chi connectivity index (χ4n) is 3.61. The molecule has 1 aliphatic heterocycles. The number of benzene rings is 2. The molecule has 0 atom stereocenters. The topological polar surface area (TPSA) is 21.1 Å². The Hall–Kier alpha value is -1.85. The molecule has 0 aliphatic carbocycles. The van der Waals surface area contributed by atoms with Gasteiger partial charge in [-0.15, -0.1) is 0 Å². The molecule has 1 aliphatic rings. The number of nitrogens with two attached hydrogens (primary N) is 1. The molecule has 0 saturated carbocycles. The summed E-state index contributed by atoms with van der Waals surface area (Å²) >= 11 is 0. The van der Waals surface area contributed by atoms with Crippen molar-refractivity contribution in [3.8, 4) is 0 Å². The Morgan fingerprint density at radius 2 is 1.56 bits per heavy atom. The van der Waals surface area contributed by atoms with Gasteiger partial charge in [0.05, 0.1) is 24.7 Å². The molecule has 0 amide bonds. The summed E-state index contributed by atoms with van der Waals surface area (Å²) in [7, 11) is 0. The van der Waals surface area contributed by atoms with Crippen molar-refractivity contribution in [1.29, 1.82) is 0 Å². The summed E-state index contributed by atoms with van der Waals surface area (Å²) in [4.78, 5) is 1.56. The maximum Gasteiger partial charge on any atom is 0.416 e. The van der Waals surface area contributed by atoms with E-state index in [1.165, 1.54) is 17.7 Å². The van der Waals surface area contributed by atoms with Crippen molar-refractivity contribution in [3.63, 3.8) is 0 Å². The predicted molar refractivity (Wildman–Crippen MR) is 90.9 cm³/mol. The van der Waals surface area contributed by atoms with Gasteiger partial charge in [0.1, 0.15) is 13.1 Å². The van der Waals surface area contributed by atoms with Crippen molar-refractivity contribution in [2.75, 3.05) is 13.1 Å². The van der Waals surface area contributed by atoms with Gasteiger partial charge in [0, 0.05) is 24.0 Å². The third-order valence-corrected chi connectivity index (χ3v) is 5.03. The number of likely N-dealkylation sites (tertiary alicyclic amines) is 1. The van der Waals surface area contributed by atoms with Crippen LogP contribution >= 0.6 is 0 Å². The van der Waals surface area contributed by atoms with Crippen LogP contribution in [0.3, 0.4) is 0 Å². The zero-order chi connectivity index (χ0) is 17.7. The Kier molecular flexibility index (Phi) is 5.76. The van der Waals surface area contributed by atoms with Crippen molar-refractivity contribution in [2.45, 2.75) is 38.1 Å². The number of piperidine rings is 1. The zero-order valence-electron chi connectivity index (χ0n) is 14.2. The normalized spacial score (nSPS) is 21.2. The van der Waals surface area contributed by atoms with E-state index in [1.54, 1.807) is 17.0 Å². The lowest BCUT2D eigenvalue weighted by Gasteiger charge is -2.28. The quantitative estimate of drug-likeness (QED) is 0.823. The van der Waals surface area contributed by atoms with Crippen LogP contribution in [0.25, 0.3) is 0 Å². The fourth-order valence-corrected chi connectivity index (χ4v) is 3.61. The first-order valence-corrected chi connectivity index (χ1v) is 8.88. The standard InChI is InChI=1S/C20H23F3N2/c21-20(22,23)19-9-5-4-8-17(19)14-24-18-10-12-25(13-11-18)15-16-6-2-1-3-7-16/h1-9,18,24H,10-15H2/p+2. The van der Waals surface area contributed by atoms with Gasteiger partial charge in [0.2, 0.25) is 0 Å². The molecule has 0 spiro atoms. The highest BCUT2D eigenvalue weighted by Crippen LogP contribution is 2.31. The Labute approximate surface area is 146 Å². The smallest absolute Gasteiger partial charge is 0.340 e. The monoisotopic (exact) mass is 350 g/mol. The average Bonchev–Trinajstić information content (AvgIpc) is 2.61. The second kappa shape index (κ2) is 8.02. The predicted octanol–water partition coefficient (Wildman–Crippen LogP) is 2.02. The van der Waals surface area contributed by atoms with Crippen LogP contribution in [-0.2, 0) is 19.3 Å². The van der Waals surface area contributed by atoms with Gasteiger partial charge < -0.3 is 10.2 Å². The lowest BCUT2D eigenvalue weighted by molar-refractivity contribution is -0.926. The Bertz CT molecular complexity index is 662. The molecule has 2 nitrogen and oxygen atoms in total. The highest BCUT2D eigenvalue weighted by Gasteiger charge is 2.33. The van der Waals surface area contributed by atoms with E-state index in [-0.39, 0.29) is 0 Å². The number of rotatable bonds is 5. The maximum atomic E-state index is 13.1. The van der Waals surface area contributed by atoms with E-state index in [2.05, 4.69) is 29.6 Å². The molecule has 3 N–H and O–H groups in total. The van der Waals surface area contributed by atoms with Crippen LogP contribution in [0.4, 0.5) is 13.2 Å². The van der Waals surface area contributed by atoms with Crippen LogP contribution in [0.1, 0.15) is 29.5 Å². The molecule has 0 bridgehead atoms. The molecule has 0 unspecified atom stereocenters. The lowest BCUT2D eigenvalue weighted by Crippen LogP contribution is -3.13. The number of hydrogen-bond acceptors (Lipinski definition) is 0. The van der Waals surface area contributed by atoms with Gasteiger partial charge in [-0.3, -0.25) is 0 Å². The molecular weight excluding hydrogens is 325 g/mol. The highest BCUT2D eigenvalue weighted by atomic mass is 19.4. The minimum absolute atomic E-state index is 0.383. The molecule has 2 aromatic rings. The van der Waals surface area contributed by atoms with Gasteiger partial charge >= 0.3 is 6.18 Å². The average molecular weight is 350 g/mol. The van der Waals surface area contributed by atoms with E-state index >= 15 is 0 Å². The van der Waals surface area contributed by atoms with Crippen LogP contribution in [0, 0.1) is 0 Å². The second-order valence-corrected chi connectivity index (χ2v) is 6.84. The highest BCUT2D eigenvalue weighted by molar-refractivity contribution is 5.28. The van der Waals surface area contributed by atoms with Crippen molar-refractivity contribution in [1.82, 2.24) is 0 Å². The lowest BCUT2D eigenvalue weighted by atomic mass is 10.0. The van der Waals surface area contributed by atoms with Crippen LogP contribution in [0.2, 0.25) is 0 Å². The van der Waals surface area contributed by atoms with Crippen LogP contribution in [-0.4, -0.2) is 19.1 Å². The van der Waals surface area contributed by atoms with Crippen LogP contribution < -0.4 is 10.2 Å². The number of nitrogens with one attached hydrogen (secondary N) is 1. The van der Waals surface area contributed by atoms with E-state index in [9.17, 15) is 13.2 Å². The van der Waals surface area contributed by atoms with Crippen molar-refractivity contribution in [3.05, 3.63) is 71.3 Å². The Morgan fingerprint density at radius 3 is 2.24 bits per heavy atom. The summed E-state index contributed by atoms with van der Waals surface area (Å²) in [5.41, 5.74) is 1.23. The van der Waals surface area contributed by atoms with E-state index in [1.807, 2.05) is 6.07 Å². The molecule has 25 heavy (non-hydrogen) atoms. The van der Waals surface area contributed by atoms with Crippen molar-refractivity contribution in [2.24, 2.45) is 0 Å². The second-order valence-electron chi connectivity index (χ2n) is 6.84. The molecule has 3 rings (SSSR count). The van der Waals surface area contributed by atoms with E-state index in [0.29, 0.717) is 18.2 Å². The van der Waals surface area contributed by atoms with E-state index in [0.717, 1.165) is 32.5 Å². The summed E-state index contributed by atoms with van der Waals surface area (Å²) in [5, 5.41) is 2.09. The third kappa shape index (κ3) is 5.06. The summed E-state index contributed by atoms with van der Waals surface area (Å²) in [6.45, 7) is 3.59. The minimum atomic E-state index is -4.27. The summed E-state index contributed by atoms with van der Waals surface area (Å²) in [6.07, 6.45) is -2.17. The van der Waals surface area contributed by atoms with Crippen LogP contribution in [0.15, 0.2) is 54.6 Å². The first-order valence-electron chi connectivity index (χ1n) is 8.88. The fraction of sp³-hybridized carbons (Fsp3) is 0.400. The minimum Gasteiger partial charge on any atom is -0.340 e. The van der Waals surface area contributed by atoms with Gasteiger partial charge in [-0.1, -0.05) is 48.5 Å². The third-order valence-electron chi connectivity index (χ3n) is 5.03. The van der Waals surface area contributed by atoms with Gasteiger partial charge in [-0.2, -0.15) is 13.2 Å². The molecule has 134 valence electrons. The molecule has 2 aromatic carbocycles. The molecule has 1 fully saturated rings. The van der Waals surface area contributed by atoms with Crippen LogP contribution in [0.5, 0.6) is 0 Å². The molecular formula is C20H25F3N2+2. The van der Waals surface area contributed by atoms with Gasteiger partial charge in [0.15, 0.2) is 0 Å².